The first kappa shape index (κ1) is 20.5. The predicted molar refractivity (Wildman–Crippen MR) is 104 cm³/mol. The highest BCUT2D eigenvalue weighted by atomic mass is 32.1. The number of likely N-dealkylation sites (tertiary alicyclic amines) is 1. The van der Waals surface area contributed by atoms with E-state index >= 15 is 0 Å². The smallest absolute Gasteiger partial charge is 0.357 e. The second-order valence-electron chi connectivity index (χ2n) is 7.18. The number of aryl methyl sites for hydroxylation is 1. The van der Waals surface area contributed by atoms with E-state index in [9.17, 15) is 26.7 Å². The van der Waals surface area contributed by atoms with Gasteiger partial charge in [-0.1, -0.05) is 23.0 Å². The molecule has 1 fully saturated rings. The number of hydrogen-bond acceptors (Lipinski definition) is 4. The number of nitrogens with one attached hydrogen (secondary N) is 1. The molecule has 0 aliphatic carbocycles. The molecule has 0 bridgehead atoms. The van der Waals surface area contributed by atoms with Gasteiger partial charge >= 0.3 is 6.18 Å². The Morgan fingerprint density at radius 3 is 2.67 bits per heavy atom. The largest absolute Gasteiger partial charge is 0.417 e. The van der Waals surface area contributed by atoms with Crippen LogP contribution in [0.3, 0.4) is 0 Å². The number of anilines is 1. The molecule has 0 radical (unpaired) electrons. The summed E-state index contributed by atoms with van der Waals surface area (Å²) < 4.78 is 67.1. The van der Waals surface area contributed by atoms with E-state index in [4.69, 9.17) is 0 Å². The summed E-state index contributed by atoms with van der Waals surface area (Å²) >= 11 is 1.14. The number of rotatable bonds is 3. The van der Waals surface area contributed by atoms with Crippen LogP contribution in [0.2, 0.25) is 0 Å². The maximum Gasteiger partial charge on any atom is 0.417 e. The van der Waals surface area contributed by atoms with Gasteiger partial charge in [0.2, 0.25) is 0 Å². The average molecular weight is 441 g/mol. The summed E-state index contributed by atoms with van der Waals surface area (Å²) in [6.45, 7) is 2.11. The Morgan fingerprint density at radius 2 is 1.93 bits per heavy atom. The number of carbonyl (C=O) groups excluding carboxylic acids is 1. The summed E-state index contributed by atoms with van der Waals surface area (Å²) in [5, 5.41) is 3.54. The van der Waals surface area contributed by atoms with E-state index < -0.39 is 29.3 Å². The van der Waals surface area contributed by atoms with Crippen LogP contribution in [-0.4, -0.2) is 34.9 Å². The maximum absolute atomic E-state index is 13.4. The summed E-state index contributed by atoms with van der Waals surface area (Å²) in [6.07, 6.45) is -4.11. The quantitative estimate of drug-likeness (QED) is 0.567. The van der Waals surface area contributed by atoms with Crippen LogP contribution in [0.5, 0.6) is 0 Å². The number of benzene rings is 2. The van der Waals surface area contributed by atoms with E-state index in [1.54, 1.807) is 6.92 Å². The zero-order valence-corrected chi connectivity index (χ0v) is 16.5. The molecule has 1 aliphatic rings. The summed E-state index contributed by atoms with van der Waals surface area (Å²) in [7, 11) is 0. The molecule has 1 N–H and O–H groups in total. The van der Waals surface area contributed by atoms with E-state index in [1.807, 2.05) is 0 Å². The van der Waals surface area contributed by atoms with Crippen molar-refractivity contribution in [3.63, 3.8) is 0 Å². The lowest BCUT2D eigenvalue weighted by Crippen LogP contribution is -2.33. The van der Waals surface area contributed by atoms with Crippen molar-refractivity contribution in [2.75, 3.05) is 18.4 Å². The Bertz CT molecular complexity index is 1090. The van der Waals surface area contributed by atoms with E-state index in [1.165, 1.54) is 17.0 Å². The van der Waals surface area contributed by atoms with Gasteiger partial charge in [0, 0.05) is 25.2 Å². The van der Waals surface area contributed by atoms with Crippen LogP contribution >= 0.6 is 11.3 Å². The molecular weight excluding hydrogens is 425 g/mol. The van der Waals surface area contributed by atoms with Gasteiger partial charge in [0.25, 0.3) is 5.91 Å². The number of carbonyl (C=O) groups is 1. The normalized spacial score (nSPS) is 17.0. The maximum atomic E-state index is 13.4. The molecule has 1 unspecified atom stereocenters. The predicted octanol–water partition coefficient (Wildman–Crippen LogP) is 5.23. The molecule has 0 saturated carbocycles. The van der Waals surface area contributed by atoms with Crippen molar-refractivity contribution in [2.24, 2.45) is 0 Å². The van der Waals surface area contributed by atoms with Crippen LogP contribution in [0.4, 0.5) is 27.1 Å². The van der Waals surface area contributed by atoms with Crippen molar-refractivity contribution in [1.29, 1.82) is 0 Å². The molecule has 10 heteroatoms. The van der Waals surface area contributed by atoms with Gasteiger partial charge in [0.1, 0.15) is 0 Å². The third-order valence-corrected chi connectivity index (χ3v) is 5.89. The summed E-state index contributed by atoms with van der Waals surface area (Å²) in [6, 6.07) is 5.34. The molecule has 30 heavy (non-hydrogen) atoms. The number of nitrogens with zero attached hydrogens (tertiary/aromatic N) is 2. The van der Waals surface area contributed by atoms with Gasteiger partial charge in [-0.2, -0.15) is 13.2 Å². The number of aromatic nitrogens is 1. The van der Waals surface area contributed by atoms with E-state index in [2.05, 4.69) is 10.3 Å². The Hall–Kier alpha value is -2.75. The van der Waals surface area contributed by atoms with Crippen LogP contribution in [-0.2, 0) is 6.18 Å². The molecule has 1 amide bonds. The lowest BCUT2D eigenvalue weighted by atomic mass is 10.0. The molecule has 158 valence electrons. The fraction of sp³-hybridized carbons (Fsp3) is 0.300. The van der Waals surface area contributed by atoms with Crippen LogP contribution in [0.1, 0.15) is 27.9 Å². The Morgan fingerprint density at radius 1 is 1.20 bits per heavy atom. The van der Waals surface area contributed by atoms with Crippen molar-refractivity contribution in [1.82, 2.24) is 9.88 Å². The zero-order valence-electron chi connectivity index (χ0n) is 15.7. The monoisotopic (exact) mass is 441 g/mol. The van der Waals surface area contributed by atoms with Crippen LogP contribution in [0.25, 0.3) is 10.2 Å². The molecule has 1 aliphatic heterocycles. The molecule has 1 aromatic heterocycles. The van der Waals surface area contributed by atoms with Gasteiger partial charge in [-0.3, -0.25) is 4.79 Å². The van der Waals surface area contributed by atoms with Gasteiger partial charge in [0.05, 0.1) is 21.3 Å². The van der Waals surface area contributed by atoms with Gasteiger partial charge < -0.3 is 10.2 Å². The van der Waals surface area contributed by atoms with Gasteiger partial charge in [-0.25, -0.2) is 13.8 Å². The second-order valence-corrected chi connectivity index (χ2v) is 8.21. The molecule has 3 aromatic rings. The summed E-state index contributed by atoms with van der Waals surface area (Å²) in [4.78, 5) is 18.4. The highest BCUT2D eigenvalue weighted by Gasteiger charge is 2.37. The third-order valence-electron chi connectivity index (χ3n) is 4.94. The molecule has 2 aromatic carbocycles. The molecule has 1 atom stereocenters. The second kappa shape index (κ2) is 7.50. The molecule has 0 spiro atoms. The van der Waals surface area contributed by atoms with E-state index in [0.717, 1.165) is 29.5 Å². The average Bonchev–Trinajstić information content (AvgIpc) is 3.27. The summed E-state index contributed by atoms with van der Waals surface area (Å²) in [5.41, 5.74) is -0.449. The number of hydrogen-bond donors (Lipinski definition) is 1. The lowest BCUT2D eigenvalue weighted by molar-refractivity contribution is -0.138. The third kappa shape index (κ3) is 3.96. The molecule has 1 saturated heterocycles. The fourth-order valence-corrected chi connectivity index (χ4v) is 4.42. The van der Waals surface area contributed by atoms with Gasteiger partial charge in [-0.05, 0) is 31.5 Å². The van der Waals surface area contributed by atoms with Gasteiger partial charge in [-0.15, -0.1) is 0 Å². The SMILES string of the molecule is Cc1ccc(C(F)(F)F)c(C(=O)N2CCC(Nc3nc4cc(F)c(F)cc4s3)C2)c1. The van der Waals surface area contributed by atoms with Crippen LogP contribution in [0, 0.1) is 18.6 Å². The minimum absolute atomic E-state index is 0.197. The highest BCUT2D eigenvalue weighted by Crippen LogP contribution is 2.34. The van der Waals surface area contributed by atoms with Crippen molar-refractivity contribution < 1.29 is 26.7 Å². The van der Waals surface area contributed by atoms with Crippen molar-refractivity contribution in [2.45, 2.75) is 25.6 Å². The number of halogens is 5. The minimum atomic E-state index is -4.62. The Balaban J connectivity index is 1.50. The number of amides is 1. The Kier molecular flexibility index (Phi) is 5.13. The van der Waals surface area contributed by atoms with Crippen molar-refractivity contribution in [3.8, 4) is 0 Å². The lowest BCUT2D eigenvalue weighted by Gasteiger charge is -2.20. The highest BCUT2D eigenvalue weighted by molar-refractivity contribution is 7.22. The first-order valence-corrected chi connectivity index (χ1v) is 9.92. The summed E-state index contributed by atoms with van der Waals surface area (Å²) in [5.74, 6) is -2.63. The van der Waals surface area contributed by atoms with Crippen molar-refractivity contribution >= 4 is 32.6 Å². The first-order chi connectivity index (χ1) is 14.1. The molecular formula is C20H16F5N3OS. The van der Waals surface area contributed by atoms with Crippen LogP contribution < -0.4 is 5.32 Å². The molecule has 4 rings (SSSR count). The Labute approximate surface area is 172 Å². The topological polar surface area (TPSA) is 45.2 Å². The minimum Gasteiger partial charge on any atom is -0.357 e. The molecule has 2 heterocycles. The van der Waals surface area contributed by atoms with E-state index in [0.29, 0.717) is 27.3 Å². The van der Waals surface area contributed by atoms with E-state index in [-0.39, 0.29) is 24.7 Å². The number of alkyl halides is 3. The fourth-order valence-electron chi connectivity index (χ4n) is 3.48. The van der Waals surface area contributed by atoms with Crippen molar-refractivity contribution in [3.05, 3.63) is 58.7 Å². The first-order valence-electron chi connectivity index (χ1n) is 9.11. The number of thiazole rings is 1. The standard InChI is InChI=1S/C20H16F5N3OS/c1-10-2-3-13(20(23,24)25)12(6-10)18(29)28-5-4-11(9-28)26-19-27-16-7-14(21)15(22)8-17(16)30-19/h2-3,6-8,11H,4-5,9H2,1H3,(H,26,27). The number of fused-ring (bicyclic) bond motifs is 1. The van der Waals surface area contributed by atoms with Crippen LogP contribution in [0.15, 0.2) is 30.3 Å². The van der Waals surface area contributed by atoms with Gasteiger partial charge in [0.15, 0.2) is 16.8 Å². The zero-order chi connectivity index (χ0) is 21.6. The molecule has 4 nitrogen and oxygen atoms in total.